The molecule has 0 fully saturated rings. The zero-order valence-electron chi connectivity index (χ0n) is 9.84. The van der Waals surface area contributed by atoms with Crippen molar-refractivity contribution < 1.29 is 0 Å². The van der Waals surface area contributed by atoms with E-state index in [1.54, 1.807) is 0 Å². The summed E-state index contributed by atoms with van der Waals surface area (Å²) in [4.78, 5) is 2.13. The summed E-state index contributed by atoms with van der Waals surface area (Å²) < 4.78 is 0. The molecule has 0 spiro atoms. The first kappa shape index (κ1) is 12.2. The first-order valence-corrected chi connectivity index (χ1v) is 5.66. The van der Waals surface area contributed by atoms with E-state index in [-0.39, 0.29) is 0 Å². The summed E-state index contributed by atoms with van der Waals surface area (Å²) >= 11 is 5.90. The summed E-state index contributed by atoms with van der Waals surface area (Å²) in [6, 6.07) is 0. The monoisotopic (exact) mass is 227 g/mol. The van der Waals surface area contributed by atoms with Gasteiger partial charge in [-0.3, -0.25) is 0 Å². The molecule has 0 aliphatic rings. The van der Waals surface area contributed by atoms with Gasteiger partial charge in [0, 0.05) is 13.6 Å². The van der Waals surface area contributed by atoms with Crippen molar-refractivity contribution in [3.05, 3.63) is 16.3 Å². The highest BCUT2D eigenvalue weighted by Crippen LogP contribution is 2.22. The van der Waals surface area contributed by atoms with Gasteiger partial charge in [-0.2, -0.15) is 0 Å². The average Bonchev–Trinajstić information content (AvgIpc) is 2.23. The van der Waals surface area contributed by atoms with Gasteiger partial charge in [-0.05, 0) is 31.4 Å². The van der Waals surface area contributed by atoms with Gasteiger partial charge in [-0.1, -0.05) is 24.9 Å². The predicted molar refractivity (Wildman–Crippen MR) is 64.7 cm³/mol. The Balaban J connectivity index is 2.90. The van der Waals surface area contributed by atoms with Crippen molar-refractivity contribution in [3.8, 4) is 0 Å². The molecule has 0 amide bonds. The summed E-state index contributed by atoms with van der Waals surface area (Å²) in [5, 5.41) is 8.58. The van der Waals surface area contributed by atoms with Crippen LogP contribution in [0.2, 0.25) is 5.15 Å². The van der Waals surface area contributed by atoms with Crippen LogP contribution in [0.4, 0.5) is 5.82 Å². The van der Waals surface area contributed by atoms with Crippen LogP contribution in [-0.2, 0) is 0 Å². The molecule has 0 saturated heterocycles. The molecule has 0 N–H and O–H groups in total. The van der Waals surface area contributed by atoms with E-state index >= 15 is 0 Å². The average molecular weight is 228 g/mol. The first-order valence-electron chi connectivity index (χ1n) is 5.28. The van der Waals surface area contributed by atoms with Gasteiger partial charge in [0.15, 0.2) is 11.0 Å². The molecule has 3 nitrogen and oxygen atoms in total. The molecule has 0 aliphatic heterocycles. The van der Waals surface area contributed by atoms with Crippen LogP contribution in [0.1, 0.15) is 30.9 Å². The third-order valence-corrected chi connectivity index (χ3v) is 3.01. The zero-order valence-corrected chi connectivity index (χ0v) is 10.6. The van der Waals surface area contributed by atoms with Gasteiger partial charge in [-0.15, -0.1) is 10.2 Å². The van der Waals surface area contributed by atoms with E-state index < -0.39 is 0 Å². The molecule has 84 valence electrons. The molecule has 0 aliphatic carbocycles. The number of aromatic nitrogens is 2. The normalized spacial score (nSPS) is 10.5. The molecule has 1 aromatic rings. The predicted octanol–water partition coefficient (Wildman–Crippen LogP) is 2.98. The fourth-order valence-electron chi connectivity index (χ4n) is 1.43. The molecule has 0 aromatic carbocycles. The Morgan fingerprint density at radius 2 is 1.87 bits per heavy atom. The molecule has 1 rings (SSSR count). The molecular formula is C11H18ClN3. The lowest BCUT2D eigenvalue weighted by molar-refractivity contribution is 0.749. The smallest absolute Gasteiger partial charge is 0.155 e. The van der Waals surface area contributed by atoms with Crippen molar-refractivity contribution in [2.75, 3.05) is 18.5 Å². The second-order valence-electron chi connectivity index (χ2n) is 3.84. The van der Waals surface area contributed by atoms with Crippen LogP contribution in [0.15, 0.2) is 0 Å². The molecule has 0 radical (unpaired) electrons. The summed E-state index contributed by atoms with van der Waals surface area (Å²) in [5.41, 5.74) is 2.14. The summed E-state index contributed by atoms with van der Waals surface area (Å²) in [6.45, 7) is 7.20. The lowest BCUT2D eigenvalue weighted by Crippen LogP contribution is -2.21. The van der Waals surface area contributed by atoms with E-state index in [9.17, 15) is 0 Å². The Morgan fingerprint density at radius 1 is 1.20 bits per heavy atom. The van der Waals surface area contributed by atoms with Gasteiger partial charge in [0.25, 0.3) is 0 Å². The lowest BCUT2D eigenvalue weighted by Gasteiger charge is -2.20. The molecule has 1 aromatic heterocycles. The van der Waals surface area contributed by atoms with E-state index in [0.29, 0.717) is 5.15 Å². The third kappa shape index (κ3) is 2.81. The molecular weight excluding hydrogens is 210 g/mol. The maximum Gasteiger partial charge on any atom is 0.155 e. The number of hydrogen-bond acceptors (Lipinski definition) is 3. The van der Waals surface area contributed by atoms with E-state index in [0.717, 1.165) is 23.5 Å². The van der Waals surface area contributed by atoms with Crippen LogP contribution < -0.4 is 4.90 Å². The Hall–Kier alpha value is -0.830. The van der Waals surface area contributed by atoms with Crippen LogP contribution in [0.25, 0.3) is 0 Å². The van der Waals surface area contributed by atoms with Crippen LogP contribution in [0.5, 0.6) is 0 Å². The Kier molecular flexibility index (Phi) is 4.33. The molecule has 0 saturated carbocycles. The molecule has 4 heteroatoms. The van der Waals surface area contributed by atoms with Crippen LogP contribution in [0.3, 0.4) is 0 Å². The minimum Gasteiger partial charge on any atom is -0.358 e. The van der Waals surface area contributed by atoms with Gasteiger partial charge in [-0.25, -0.2) is 0 Å². The minimum atomic E-state index is 0.500. The van der Waals surface area contributed by atoms with Crippen LogP contribution >= 0.6 is 11.6 Å². The van der Waals surface area contributed by atoms with Crippen LogP contribution in [-0.4, -0.2) is 23.8 Å². The van der Waals surface area contributed by atoms with E-state index in [4.69, 9.17) is 11.6 Å². The van der Waals surface area contributed by atoms with E-state index in [2.05, 4.69) is 22.0 Å². The SMILES string of the molecule is CCCCN(C)c1nnc(Cl)c(C)c1C. The summed E-state index contributed by atoms with van der Waals surface area (Å²) in [5.74, 6) is 0.936. The van der Waals surface area contributed by atoms with Crippen molar-refractivity contribution in [3.63, 3.8) is 0 Å². The van der Waals surface area contributed by atoms with E-state index in [1.807, 2.05) is 20.9 Å². The van der Waals surface area contributed by atoms with Gasteiger partial charge < -0.3 is 4.90 Å². The van der Waals surface area contributed by atoms with Crippen molar-refractivity contribution >= 4 is 17.4 Å². The Morgan fingerprint density at radius 3 is 2.47 bits per heavy atom. The molecule has 1 heterocycles. The highest BCUT2D eigenvalue weighted by Gasteiger charge is 2.11. The van der Waals surface area contributed by atoms with Crippen LogP contribution in [0, 0.1) is 13.8 Å². The lowest BCUT2D eigenvalue weighted by atomic mass is 10.2. The standard InChI is InChI=1S/C11H18ClN3/c1-5-6-7-15(4)11-9(3)8(2)10(12)13-14-11/h5-7H2,1-4H3. The fourth-order valence-corrected chi connectivity index (χ4v) is 1.61. The fraction of sp³-hybridized carbons (Fsp3) is 0.636. The number of halogens is 1. The van der Waals surface area contributed by atoms with Gasteiger partial charge in [0.05, 0.1) is 0 Å². The third-order valence-electron chi connectivity index (χ3n) is 2.65. The van der Waals surface area contributed by atoms with Crippen molar-refractivity contribution in [2.45, 2.75) is 33.6 Å². The molecule has 0 bridgehead atoms. The first-order chi connectivity index (χ1) is 7.07. The van der Waals surface area contributed by atoms with Crippen molar-refractivity contribution in [1.82, 2.24) is 10.2 Å². The highest BCUT2D eigenvalue weighted by molar-refractivity contribution is 6.30. The topological polar surface area (TPSA) is 29.0 Å². The summed E-state index contributed by atoms with van der Waals surface area (Å²) in [7, 11) is 2.04. The van der Waals surface area contributed by atoms with Crippen molar-refractivity contribution in [1.29, 1.82) is 0 Å². The van der Waals surface area contributed by atoms with Gasteiger partial charge in [0.1, 0.15) is 0 Å². The second-order valence-corrected chi connectivity index (χ2v) is 4.20. The quantitative estimate of drug-likeness (QED) is 0.792. The van der Waals surface area contributed by atoms with Gasteiger partial charge >= 0.3 is 0 Å². The van der Waals surface area contributed by atoms with Crippen molar-refractivity contribution in [2.24, 2.45) is 0 Å². The largest absolute Gasteiger partial charge is 0.358 e. The summed E-state index contributed by atoms with van der Waals surface area (Å²) in [6.07, 6.45) is 2.35. The second kappa shape index (κ2) is 5.31. The zero-order chi connectivity index (χ0) is 11.4. The maximum atomic E-state index is 5.90. The van der Waals surface area contributed by atoms with E-state index in [1.165, 1.54) is 12.8 Å². The number of hydrogen-bond donors (Lipinski definition) is 0. The number of rotatable bonds is 4. The number of anilines is 1. The Labute approximate surface area is 96.5 Å². The number of nitrogens with zero attached hydrogens (tertiary/aromatic N) is 3. The molecule has 15 heavy (non-hydrogen) atoms. The van der Waals surface area contributed by atoms with Gasteiger partial charge in [0.2, 0.25) is 0 Å². The Bertz CT molecular complexity index is 339. The molecule has 0 unspecified atom stereocenters. The molecule has 0 atom stereocenters. The highest BCUT2D eigenvalue weighted by atomic mass is 35.5. The minimum absolute atomic E-state index is 0.500. The maximum absolute atomic E-state index is 5.90. The number of unbranched alkanes of at least 4 members (excludes halogenated alkanes) is 1.